The summed E-state index contributed by atoms with van der Waals surface area (Å²) in [5, 5.41) is 4.16. The number of hydrogen-bond donors (Lipinski definition) is 0. The Morgan fingerprint density at radius 3 is 1.38 bits per heavy atom. The van der Waals surface area contributed by atoms with Gasteiger partial charge in [-0.15, -0.1) is 0 Å². The summed E-state index contributed by atoms with van der Waals surface area (Å²) < 4.78 is 0. The Labute approximate surface area is 139 Å². The second kappa shape index (κ2) is 5.74. The van der Waals surface area contributed by atoms with E-state index < -0.39 is 0 Å². The minimum Gasteiger partial charge on any atom is -0.298 e. The third kappa shape index (κ3) is 2.29. The van der Waals surface area contributed by atoms with Crippen LogP contribution in [0.1, 0.15) is 20.7 Å². The van der Waals surface area contributed by atoms with Gasteiger partial charge in [-0.2, -0.15) is 0 Å². The lowest BCUT2D eigenvalue weighted by Crippen LogP contribution is -1.90. The first-order chi connectivity index (χ1) is 11.8. The number of rotatable bonds is 3. The lowest BCUT2D eigenvalue weighted by Gasteiger charge is -2.12. The fourth-order valence-corrected chi connectivity index (χ4v) is 3.25. The van der Waals surface area contributed by atoms with Crippen LogP contribution in [-0.4, -0.2) is 12.6 Å². The van der Waals surface area contributed by atoms with Gasteiger partial charge in [0.05, 0.1) is 0 Å². The largest absolute Gasteiger partial charge is 0.298 e. The van der Waals surface area contributed by atoms with Crippen molar-refractivity contribution in [3.05, 3.63) is 83.9 Å². The standard InChI is InChI=1S/C22H14O2/c23-13-15-9-17-5-1-3-7-19(17)21(11-15)22-12-16(14-24)10-18-6-2-4-8-20(18)22/h1-14H. The maximum atomic E-state index is 11.4. The molecule has 0 amide bonds. The second-order valence-corrected chi connectivity index (χ2v) is 5.81. The van der Waals surface area contributed by atoms with Crippen molar-refractivity contribution in [1.82, 2.24) is 0 Å². The highest BCUT2D eigenvalue weighted by Gasteiger charge is 2.11. The topological polar surface area (TPSA) is 34.1 Å². The van der Waals surface area contributed by atoms with Crippen LogP contribution >= 0.6 is 0 Å². The summed E-state index contributed by atoms with van der Waals surface area (Å²) in [6, 6.07) is 23.5. The Morgan fingerprint density at radius 2 is 0.958 bits per heavy atom. The van der Waals surface area contributed by atoms with E-state index in [9.17, 15) is 9.59 Å². The van der Waals surface area contributed by atoms with E-state index in [-0.39, 0.29) is 0 Å². The summed E-state index contributed by atoms with van der Waals surface area (Å²) in [7, 11) is 0. The summed E-state index contributed by atoms with van der Waals surface area (Å²) in [5.74, 6) is 0. The van der Waals surface area contributed by atoms with E-state index in [0.29, 0.717) is 11.1 Å². The molecule has 0 radical (unpaired) electrons. The Hall–Kier alpha value is -3.26. The van der Waals surface area contributed by atoms with Gasteiger partial charge in [0.25, 0.3) is 0 Å². The zero-order chi connectivity index (χ0) is 16.5. The molecule has 0 saturated carbocycles. The molecule has 2 nitrogen and oxygen atoms in total. The number of fused-ring (bicyclic) bond motifs is 2. The van der Waals surface area contributed by atoms with Crippen LogP contribution in [0, 0.1) is 0 Å². The van der Waals surface area contributed by atoms with Crippen molar-refractivity contribution < 1.29 is 9.59 Å². The molecule has 0 aromatic heterocycles. The molecule has 114 valence electrons. The minimum atomic E-state index is 0.629. The van der Waals surface area contributed by atoms with Crippen molar-refractivity contribution in [2.45, 2.75) is 0 Å². The summed E-state index contributed by atoms with van der Waals surface area (Å²) in [6.07, 6.45) is 1.73. The number of carbonyl (C=O) groups is 2. The fourth-order valence-electron chi connectivity index (χ4n) is 3.25. The van der Waals surface area contributed by atoms with E-state index in [0.717, 1.165) is 45.2 Å². The van der Waals surface area contributed by atoms with Crippen molar-refractivity contribution in [3.63, 3.8) is 0 Å². The highest BCUT2D eigenvalue weighted by Crippen LogP contribution is 2.35. The average molecular weight is 310 g/mol. The molecular formula is C22H14O2. The van der Waals surface area contributed by atoms with E-state index in [1.165, 1.54) is 0 Å². The van der Waals surface area contributed by atoms with Crippen LogP contribution in [0.2, 0.25) is 0 Å². The van der Waals surface area contributed by atoms with Crippen LogP contribution in [-0.2, 0) is 0 Å². The monoisotopic (exact) mass is 310 g/mol. The van der Waals surface area contributed by atoms with Crippen molar-refractivity contribution in [2.24, 2.45) is 0 Å². The van der Waals surface area contributed by atoms with Crippen LogP contribution in [0.3, 0.4) is 0 Å². The van der Waals surface area contributed by atoms with E-state index >= 15 is 0 Å². The maximum Gasteiger partial charge on any atom is 0.150 e. The lowest BCUT2D eigenvalue weighted by atomic mass is 9.91. The highest BCUT2D eigenvalue weighted by atomic mass is 16.1. The SMILES string of the molecule is O=Cc1cc(-c2cc(C=O)cc3ccccc23)c2ccccc2c1. The normalized spacial score (nSPS) is 10.8. The van der Waals surface area contributed by atoms with Crippen LogP contribution in [0.15, 0.2) is 72.8 Å². The zero-order valence-corrected chi connectivity index (χ0v) is 12.9. The van der Waals surface area contributed by atoms with Crippen LogP contribution in [0.25, 0.3) is 32.7 Å². The Kier molecular flexibility index (Phi) is 3.43. The molecule has 0 spiro atoms. The molecule has 0 saturated heterocycles. The third-order valence-electron chi connectivity index (χ3n) is 4.33. The number of hydrogen-bond acceptors (Lipinski definition) is 2. The molecule has 0 aliphatic rings. The predicted molar refractivity (Wildman–Crippen MR) is 97.7 cm³/mol. The van der Waals surface area contributed by atoms with Crippen LogP contribution in [0.5, 0.6) is 0 Å². The molecule has 0 atom stereocenters. The average Bonchev–Trinajstić information content (AvgIpc) is 2.66. The van der Waals surface area contributed by atoms with Gasteiger partial charge in [0.1, 0.15) is 12.6 Å². The van der Waals surface area contributed by atoms with Gasteiger partial charge in [-0.1, -0.05) is 48.5 Å². The van der Waals surface area contributed by atoms with Gasteiger partial charge in [0, 0.05) is 11.1 Å². The third-order valence-corrected chi connectivity index (χ3v) is 4.33. The second-order valence-electron chi connectivity index (χ2n) is 5.81. The molecule has 2 heteroatoms. The smallest absolute Gasteiger partial charge is 0.150 e. The molecule has 0 bridgehead atoms. The molecule has 4 rings (SSSR count). The molecule has 0 aliphatic heterocycles. The molecule has 4 aromatic rings. The fraction of sp³-hybridized carbons (Fsp3) is 0. The van der Waals surface area contributed by atoms with E-state index in [4.69, 9.17) is 0 Å². The first-order valence-electron chi connectivity index (χ1n) is 7.76. The molecule has 0 fully saturated rings. The molecule has 0 unspecified atom stereocenters. The van der Waals surface area contributed by atoms with Gasteiger partial charge in [0.15, 0.2) is 0 Å². The first-order valence-corrected chi connectivity index (χ1v) is 7.76. The number of carbonyl (C=O) groups excluding carboxylic acids is 2. The van der Waals surface area contributed by atoms with Crippen molar-refractivity contribution in [1.29, 1.82) is 0 Å². The summed E-state index contributed by atoms with van der Waals surface area (Å²) in [4.78, 5) is 22.7. The van der Waals surface area contributed by atoms with E-state index in [1.807, 2.05) is 72.8 Å². The van der Waals surface area contributed by atoms with Crippen molar-refractivity contribution in [2.75, 3.05) is 0 Å². The van der Waals surface area contributed by atoms with Crippen molar-refractivity contribution >= 4 is 34.1 Å². The van der Waals surface area contributed by atoms with Gasteiger partial charge in [0.2, 0.25) is 0 Å². The summed E-state index contributed by atoms with van der Waals surface area (Å²) in [6.45, 7) is 0. The minimum absolute atomic E-state index is 0.629. The lowest BCUT2D eigenvalue weighted by molar-refractivity contribution is 0.111. The molecule has 24 heavy (non-hydrogen) atoms. The predicted octanol–water partition coefficient (Wildman–Crippen LogP) is 5.29. The van der Waals surface area contributed by atoms with Gasteiger partial charge >= 0.3 is 0 Å². The Bertz CT molecular complexity index is 1000. The molecule has 0 aliphatic carbocycles. The van der Waals surface area contributed by atoms with Crippen LogP contribution < -0.4 is 0 Å². The van der Waals surface area contributed by atoms with E-state index in [2.05, 4.69) is 0 Å². The number of aldehydes is 2. The first kappa shape index (κ1) is 14.3. The Balaban J connectivity index is 2.16. The highest BCUT2D eigenvalue weighted by molar-refractivity contribution is 6.08. The summed E-state index contributed by atoms with van der Waals surface area (Å²) >= 11 is 0. The number of benzene rings is 4. The molecule has 4 aromatic carbocycles. The van der Waals surface area contributed by atoms with Gasteiger partial charge < -0.3 is 0 Å². The van der Waals surface area contributed by atoms with E-state index in [1.54, 1.807) is 0 Å². The molecular weight excluding hydrogens is 296 g/mol. The van der Waals surface area contributed by atoms with Gasteiger partial charge in [-0.25, -0.2) is 0 Å². The Morgan fingerprint density at radius 1 is 0.542 bits per heavy atom. The quantitative estimate of drug-likeness (QED) is 0.482. The van der Waals surface area contributed by atoms with Gasteiger partial charge in [-0.3, -0.25) is 9.59 Å². The van der Waals surface area contributed by atoms with Crippen LogP contribution in [0.4, 0.5) is 0 Å². The zero-order valence-electron chi connectivity index (χ0n) is 12.9. The molecule has 0 N–H and O–H groups in total. The van der Waals surface area contributed by atoms with Crippen molar-refractivity contribution in [3.8, 4) is 11.1 Å². The summed E-state index contributed by atoms with van der Waals surface area (Å²) in [5.41, 5.74) is 3.19. The maximum absolute atomic E-state index is 11.4. The van der Waals surface area contributed by atoms with Gasteiger partial charge in [-0.05, 0) is 56.9 Å². The molecule has 0 heterocycles.